The molecule has 8 heteroatoms. The van der Waals surface area contributed by atoms with Crippen molar-refractivity contribution < 1.29 is 12.8 Å². The molecule has 1 aromatic heterocycles. The Hall–Kier alpha value is -3.05. The number of anilines is 1. The number of sulfone groups is 1. The summed E-state index contributed by atoms with van der Waals surface area (Å²) in [7, 11) is -2.52. The van der Waals surface area contributed by atoms with Gasteiger partial charge in [0.25, 0.3) is 0 Å². The third kappa shape index (κ3) is 3.02. The fourth-order valence-electron chi connectivity index (χ4n) is 2.42. The van der Waals surface area contributed by atoms with Gasteiger partial charge >= 0.3 is 0 Å². The maximum atomic E-state index is 13.1. The number of nitrogens with zero attached hydrogens (tertiary/aromatic N) is 3. The smallest absolute Gasteiger partial charge is 0.200 e. The second-order valence-corrected chi connectivity index (χ2v) is 7.24. The Morgan fingerprint density at radius 1 is 1.08 bits per heavy atom. The van der Waals surface area contributed by atoms with Crippen molar-refractivity contribution in [1.29, 1.82) is 5.26 Å². The summed E-state index contributed by atoms with van der Waals surface area (Å²) in [6, 6.07) is 13.1. The molecule has 2 aromatic carbocycles. The topological polar surface area (TPSA) is 95.7 Å². The van der Waals surface area contributed by atoms with Gasteiger partial charge in [0.15, 0.2) is 11.1 Å². The number of nitrogens with one attached hydrogen (secondary N) is 1. The van der Waals surface area contributed by atoms with Crippen LogP contribution in [0.5, 0.6) is 0 Å². The largest absolute Gasteiger partial charge is 0.372 e. The lowest BCUT2D eigenvalue weighted by atomic mass is 10.2. The first-order chi connectivity index (χ1) is 12.0. The van der Waals surface area contributed by atoms with E-state index in [4.69, 9.17) is 0 Å². The van der Waals surface area contributed by atoms with Gasteiger partial charge in [-0.3, -0.25) is 0 Å². The highest BCUT2D eigenvalue weighted by Crippen LogP contribution is 2.32. The minimum atomic E-state index is -4.09. The summed E-state index contributed by atoms with van der Waals surface area (Å²) in [5.41, 5.74) is 1.06. The van der Waals surface area contributed by atoms with Gasteiger partial charge in [-0.2, -0.15) is 5.26 Å². The van der Waals surface area contributed by atoms with Crippen molar-refractivity contribution in [3.05, 3.63) is 60.0 Å². The van der Waals surface area contributed by atoms with Crippen LogP contribution in [0.4, 0.5) is 10.2 Å². The number of hydrogen-bond donors (Lipinski definition) is 1. The maximum Gasteiger partial charge on any atom is 0.200 e. The Morgan fingerprint density at radius 3 is 2.24 bits per heavy atom. The molecule has 0 spiro atoms. The number of benzene rings is 2. The number of nitriles is 1. The van der Waals surface area contributed by atoms with Crippen molar-refractivity contribution in [2.45, 2.75) is 10.1 Å². The third-order valence-electron chi connectivity index (χ3n) is 3.65. The lowest BCUT2D eigenvalue weighted by molar-refractivity contribution is 0.589. The number of halogens is 1. The number of fused-ring (bicyclic) bond motifs is 1. The molecule has 126 valence electrons. The highest BCUT2D eigenvalue weighted by Gasteiger charge is 2.33. The molecular weight excluding hydrogens is 343 g/mol. The molecule has 1 heterocycles. The van der Waals surface area contributed by atoms with Crippen molar-refractivity contribution in [1.82, 2.24) is 9.97 Å². The fraction of sp³-hybridized carbons (Fsp3) is 0.118. The van der Waals surface area contributed by atoms with Crippen LogP contribution >= 0.6 is 0 Å². The molecule has 0 aliphatic rings. The minimum Gasteiger partial charge on any atom is -0.372 e. The lowest BCUT2D eigenvalue weighted by Crippen LogP contribution is -2.16. The van der Waals surface area contributed by atoms with Gasteiger partial charge in [0.05, 0.1) is 22.0 Å². The molecule has 0 amide bonds. The predicted octanol–water partition coefficient (Wildman–Crippen LogP) is 2.85. The molecule has 0 bridgehead atoms. The molecule has 0 aliphatic heterocycles. The van der Waals surface area contributed by atoms with Crippen LogP contribution in [-0.4, -0.2) is 25.4 Å². The highest BCUT2D eigenvalue weighted by molar-refractivity contribution is 7.92. The standard InChI is InChI=1S/C17H13FN4O2S/c1-20-17-16(21-13-4-2-3-5-14(13)22-17)15(10-19)25(23,24)12-8-6-11(18)7-9-12/h2-9,15H,1H3,(H,20,22). The molecule has 6 nitrogen and oxygen atoms in total. The zero-order valence-corrected chi connectivity index (χ0v) is 14.0. The summed E-state index contributed by atoms with van der Waals surface area (Å²) in [6.07, 6.45) is 0. The molecule has 0 fully saturated rings. The minimum absolute atomic E-state index is 0.00743. The summed E-state index contributed by atoms with van der Waals surface area (Å²) >= 11 is 0. The molecule has 1 unspecified atom stereocenters. The van der Waals surface area contributed by atoms with Gasteiger partial charge in [-0.05, 0) is 36.4 Å². The molecule has 0 radical (unpaired) electrons. The molecule has 0 saturated carbocycles. The Balaban J connectivity index is 2.20. The van der Waals surface area contributed by atoms with Gasteiger partial charge in [0.1, 0.15) is 11.5 Å². The first-order valence-corrected chi connectivity index (χ1v) is 8.85. The molecule has 3 aromatic rings. The van der Waals surface area contributed by atoms with E-state index in [9.17, 15) is 18.1 Å². The van der Waals surface area contributed by atoms with Crippen molar-refractivity contribution >= 4 is 26.7 Å². The van der Waals surface area contributed by atoms with Crippen LogP contribution in [0.3, 0.4) is 0 Å². The average Bonchev–Trinajstić information content (AvgIpc) is 2.62. The van der Waals surface area contributed by atoms with E-state index >= 15 is 0 Å². The first kappa shape index (κ1) is 16.8. The summed E-state index contributed by atoms with van der Waals surface area (Å²) in [5, 5.41) is 10.7. The van der Waals surface area contributed by atoms with Gasteiger partial charge in [-0.15, -0.1) is 0 Å². The summed E-state index contributed by atoms with van der Waals surface area (Å²) in [4.78, 5) is 8.51. The van der Waals surface area contributed by atoms with Crippen molar-refractivity contribution in [3.8, 4) is 6.07 Å². The molecule has 0 aliphatic carbocycles. The van der Waals surface area contributed by atoms with Gasteiger partial charge < -0.3 is 5.32 Å². The maximum absolute atomic E-state index is 13.1. The van der Waals surface area contributed by atoms with Crippen LogP contribution in [0.25, 0.3) is 11.0 Å². The molecular formula is C17H13FN4O2S. The lowest BCUT2D eigenvalue weighted by Gasteiger charge is -2.14. The van der Waals surface area contributed by atoms with Crippen molar-refractivity contribution in [2.75, 3.05) is 12.4 Å². The van der Waals surface area contributed by atoms with Crippen LogP contribution < -0.4 is 5.32 Å². The van der Waals surface area contributed by atoms with Crippen LogP contribution in [-0.2, 0) is 9.84 Å². The monoisotopic (exact) mass is 356 g/mol. The molecule has 3 rings (SSSR count). The van der Waals surface area contributed by atoms with Gasteiger partial charge in [-0.25, -0.2) is 22.8 Å². The van der Waals surface area contributed by atoms with E-state index in [1.165, 1.54) is 0 Å². The molecule has 0 saturated heterocycles. The van der Waals surface area contributed by atoms with Gasteiger partial charge in [-0.1, -0.05) is 12.1 Å². The van der Waals surface area contributed by atoms with Gasteiger partial charge in [0, 0.05) is 7.05 Å². The highest BCUT2D eigenvalue weighted by atomic mass is 32.2. The van der Waals surface area contributed by atoms with Crippen LogP contribution in [0.1, 0.15) is 10.9 Å². The zero-order chi connectivity index (χ0) is 18.0. The Kier molecular flexibility index (Phi) is 4.33. The Labute approximate surface area is 143 Å². The van der Waals surface area contributed by atoms with Crippen LogP contribution in [0.2, 0.25) is 0 Å². The van der Waals surface area contributed by atoms with Crippen molar-refractivity contribution in [2.24, 2.45) is 0 Å². The molecule has 25 heavy (non-hydrogen) atoms. The van der Waals surface area contributed by atoms with E-state index in [0.29, 0.717) is 11.0 Å². The van der Waals surface area contributed by atoms with Crippen LogP contribution in [0.15, 0.2) is 53.4 Å². The number of aromatic nitrogens is 2. The van der Waals surface area contributed by atoms with Crippen molar-refractivity contribution in [3.63, 3.8) is 0 Å². The normalized spacial score (nSPS) is 12.5. The number of para-hydroxylation sites is 2. The molecule has 1 N–H and O–H groups in total. The summed E-state index contributed by atoms with van der Waals surface area (Å²) < 4.78 is 38.8. The number of rotatable bonds is 4. The van der Waals surface area contributed by atoms with E-state index in [0.717, 1.165) is 24.3 Å². The second-order valence-electron chi connectivity index (χ2n) is 5.20. The SMILES string of the molecule is CNc1nc2ccccc2nc1C(C#N)S(=O)(=O)c1ccc(F)cc1. The van der Waals surface area contributed by atoms with E-state index in [2.05, 4.69) is 15.3 Å². The first-order valence-electron chi connectivity index (χ1n) is 7.31. The quantitative estimate of drug-likeness (QED) is 0.722. The third-order valence-corrected chi connectivity index (χ3v) is 5.53. The Bertz CT molecular complexity index is 1080. The zero-order valence-electron chi connectivity index (χ0n) is 13.1. The van der Waals surface area contributed by atoms with E-state index in [1.807, 2.05) is 0 Å². The van der Waals surface area contributed by atoms with Gasteiger partial charge in [0.2, 0.25) is 9.84 Å². The molecule has 1 atom stereocenters. The Morgan fingerprint density at radius 2 is 1.68 bits per heavy atom. The fourth-order valence-corrected chi connectivity index (χ4v) is 3.80. The van der Waals surface area contributed by atoms with E-state index < -0.39 is 20.9 Å². The predicted molar refractivity (Wildman–Crippen MR) is 91.0 cm³/mol. The van der Waals surface area contributed by atoms with E-state index in [1.54, 1.807) is 37.4 Å². The summed E-state index contributed by atoms with van der Waals surface area (Å²) in [5.74, 6) is -0.357. The van der Waals surface area contributed by atoms with Crippen LogP contribution in [0, 0.1) is 17.1 Å². The number of hydrogen-bond acceptors (Lipinski definition) is 6. The summed E-state index contributed by atoms with van der Waals surface area (Å²) in [6.45, 7) is 0. The van der Waals surface area contributed by atoms with E-state index in [-0.39, 0.29) is 16.4 Å². The second kappa shape index (κ2) is 6.45. The average molecular weight is 356 g/mol.